The third-order valence-corrected chi connectivity index (χ3v) is 11.3. The third kappa shape index (κ3) is 9.24. The van der Waals surface area contributed by atoms with Gasteiger partial charge < -0.3 is 28.4 Å². The van der Waals surface area contributed by atoms with Gasteiger partial charge in [0.2, 0.25) is 0 Å². The Balaban J connectivity index is 1.05. The molecule has 5 atom stereocenters. The molecular weight excluding hydrogens is 721 g/mol. The van der Waals surface area contributed by atoms with Gasteiger partial charge in [0.1, 0.15) is 43.1 Å². The molecule has 284 valence electrons. The van der Waals surface area contributed by atoms with E-state index in [0.717, 1.165) is 43.8 Å². The molecule has 1 fully saturated rings. The third-order valence-electron chi connectivity index (χ3n) is 10.1. The van der Waals surface area contributed by atoms with Crippen LogP contribution in [-0.4, -0.2) is 49.2 Å². The fourth-order valence-corrected chi connectivity index (χ4v) is 8.54. The van der Waals surface area contributed by atoms with Crippen molar-refractivity contribution in [2.45, 2.75) is 60.5 Å². The van der Waals surface area contributed by atoms with Crippen LogP contribution in [0.4, 0.5) is 4.79 Å². The van der Waals surface area contributed by atoms with Crippen molar-refractivity contribution in [2.75, 3.05) is 13.2 Å². The van der Waals surface area contributed by atoms with Crippen molar-refractivity contribution >= 4 is 17.9 Å². The molecular formula is C48H44O7S. The lowest BCUT2D eigenvalue weighted by atomic mass is 9.98. The molecule has 56 heavy (non-hydrogen) atoms. The summed E-state index contributed by atoms with van der Waals surface area (Å²) < 4.78 is 39.0. The Morgan fingerprint density at radius 2 is 0.911 bits per heavy atom. The van der Waals surface area contributed by atoms with Crippen LogP contribution in [0.15, 0.2) is 175 Å². The standard InChI is InChI=1S/C48H44O7S/c49-48(53-32-42-40-27-15-13-25-38(40)39-26-14-16-28-41(39)42)54-33-43-44(50-29-34-17-5-1-6-18-34)45(51-30-35-19-7-2-8-20-35)46(52-31-36-21-9-3-10-22-36)47(55-43)56-37-23-11-4-12-24-37/h1-28,42-47H,29-33H2/t43-,44-,45+,46-,47+/m1/s1. The molecule has 0 amide bonds. The predicted molar refractivity (Wildman–Crippen MR) is 217 cm³/mol. The Hall–Kier alpha value is -5.22. The van der Waals surface area contributed by atoms with Crippen LogP contribution in [0.2, 0.25) is 0 Å². The number of ether oxygens (including phenoxy) is 6. The number of hydrogen-bond donors (Lipinski definition) is 0. The molecule has 8 heteroatoms. The van der Waals surface area contributed by atoms with E-state index >= 15 is 0 Å². The van der Waals surface area contributed by atoms with Crippen LogP contribution in [0.5, 0.6) is 0 Å². The van der Waals surface area contributed by atoms with Crippen molar-refractivity contribution in [1.29, 1.82) is 0 Å². The van der Waals surface area contributed by atoms with Crippen LogP contribution in [0, 0.1) is 0 Å². The molecule has 8 rings (SSSR count). The monoisotopic (exact) mass is 764 g/mol. The molecule has 1 saturated heterocycles. The van der Waals surface area contributed by atoms with E-state index in [1.165, 1.54) is 0 Å². The lowest BCUT2D eigenvalue weighted by Crippen LogP contribution is -2.60. The number of carbonyl (C=O) groups is 1. The fraction of sp³-hybridized carbons (Fsp3) is 0.229. The van der Waals surface area contributed by atoms with Gasteiger partial charge in [-0.3, -0.25) is 0 Å². The van der Waals surface area contributed by atoms with E-state index in [0.29, 0.717) is 19.8 Å². The van der Waals surface area contributed by atoms with Crippen LogP contribution in [0.1, 0.15) is 33.7 Å². The zero-order chi connectivity index (χ0) is 37.9. The average Bonchev–Trinajstić information content (AvgIpc) is 3.58. The first-order chi connectivity index (χ1) is 27.7. The molecule has 6 aromatic carbocycles. The zero-order valence-corrected chi connectivity index (χ0v) is 31.7. The molecule has 0 spiro atoms. The molecule has 1 heterocycles. The maximum atomic E-state index is 13.4. The SMILES string of the molecule is O=C(OCC1c2ccccc2-c2ccccc21)OC[C@H]1O[C@@H](Sc2ccccc2)[C@H](OCc2ccccc2)[C@@H](OCc2ccccc2)[C@@H]1OCc1ccccc1. The molecule has 1 aliphatic carbocycles. The summed E-state index contributed by atoms with van der Waals surface area (Å²) >= 11 is 1.55. The number of thioether (sulfide) groups is 1. The van der Waals surface area contributed by atoms with Crippen LogP contribution in [0.3, 0.4) is 0 Å². The summed E-state index contributed by atoms with van der Waals surface area (Å²) in [6.45, 7) is 1.00. The summed E-state index contributed by atoms with van der Waals surface area (Å²) in [5.41, 5.74) is 7.09. The summed E-state index contributed by atoms with van der Waals surface area (Å²) in [6.07, 6.45) is -3.32. The molecule has 0 unspecified atom stereocenters. The number of carbonyl (C=O) groups excluding carboxylic acids is 1. The Labute approximate surface area is 332 Å². The molecule has 0 saturated carbocycles. The van der Waals surface area contributed by atoms with Crippen LogP contribution in [-0.2, 0) is 48.2 Å². The summed E-state index contributed by atoms with van der Waals surface area (Å²) in [5, 5.41) is 0. The summed E-state index contributed by atoms with van der Waals surface area (Å²) in [7, 11) is 0. The van der Waals surface area contributed by atoms with E-state index in [-0.39, 0.29) is 19.1 Å². The van der Waals surface area contributed by atoms with E-state index in [4.69, 9.17) is 28.4 Å². The summed E-state index contributed by atoms with van der Waals surface area (Å²) in [6, 6.07) is 56.7. The highest BCUT2D eigenvalue weighted by Crippen LogP contribution is 2.44. The predicted octanol–water partition coefficient (Wildman–Crippen LogP) is 10.2. The number of hydrogen-bond acceptors (Lipinski definition) is 8. The average molecular weight is 765 g/mol. The van der Waals surface area contributed by atoms with E-state index in [1.54, 1.807) is 11.8 Å². The molecule has 0 aromatic heterocycles. The second-order valence-corrected chi connectivity index (χ2v) is 15.0. The van der Waals surface area contributed by atoms with Gasteiger partial charge in [-0.2, -0.15) is 0 Å². The Morgan fingerprint density at radius 1 is 0.482 bits per heavy atom. The Kier molecular flexibility index (Phi) is 12.5. The number of rotatable bonds is 15. The number of benzene rings is 6. The van der Waals surface area contributed by atoms with Gasteiger partial charge in [-0.15, -0.1) is 0 Å². The first-order valence-electron chi connectivity index (χ1n) is 19.0. The van der Waals surface area contributed by atoms with Crippen molar-refractivity contribution in [2.24, 2.45) is 0 Å². The molecule has 7 nitrogen and oxygen atoms in total. The van der Waals surface area contributed by atoms with Crippen molar-refractivity contribution < 1.29 is 33.2 Å². The first kappa shape index (κ1) is 37.7. The fourth-order valence-electron chi connectivity index (χ4n) is 7.39. The Bertz CT molecular complexity index is 2090. The molecule has 1 aliphatic heterocycles. The maximum absolute atomic E-state index is 13.4. The van der Waals surface area contributed by atoms with Gasteiger partial charge in [-0.1, -0.05) is 169 Å². The van der Waals surface area contributed by atoms with Gasteiger partial charge >= 0.3 is 6.16 Å². The van der Waals surface area contributed by atoms with Gasteiger partial charge in [0.15, 0.2) is 0 Å². The minimum Gasteiger partial charge on any atom is -0.433 e. The van der Waals surface area contributed by atoms with E-state index in [9.17, 15) is 4.79 Å². The van der Waals surface area contributed by atoms with E-state index in [2.05, 4.69) is 24.3 Å². The van der Waals surface area contributed by atoms with Crippen molar-refractivity contribution in [3.8, 4) is 11.1 Å². The van der Waals surface area contributed by atoms with Gasteiger partial charge in [-0.25, -0.2) is 4.79 Å². The molecule has 2 aliphatic rings. The molecule has 6 aromatic rings. The normalized spacial score (nSPS) is 20.2. The molecule has 0 bridgehead atoms. The smallest absolute Gasteiger partial charge is 0.433 e. The first-order valence-corrected chi connectivity index (χ1v) is 19.9. The second-order valence-electron chi connectivity index (χ2n) is 13.9. The molecule has 0 N–H and O–H groups in total. The second kappa shape index (κ2) is 18.6. The minimum atomic E-state index is -0.770. The lowest BCUT2D eigenvalue weighted by molar-refractivity contribution is -0.252. The maximum Gasteiger partial charge on any atom is 0.508 e. The summed E-state index contributed by atoms with van der Waals surface area (Å²) in [5.74, 6) is -0.0900. The van der Waals surface area contributed by atoms with Gasteiger partial charge in [0, 0.05) is 10.8 Å². The van der Waals surface area contributed by atoms with Crippen molar-refractivity contribution in [3.05, 3.63) is 198 Å². The van der Waals surface area contributed by atoms with Crippen molar-refractivity contribution in [1.82, 2.24) is 0 Å². The van der Waals surface area contributed by atoms with Crippen LogP contribution in [0.25, 0.3) is 11.1 Å². The minimum absolute atomic E-state index is 0.0900. The zero-order valence-electron chi connectivity index (χ0n) is 30.9. The largest absolute Gasteiger partial charge is 0.508 e. The lowest BCUT2D eigenvalue weighted by Gasteiger charge is -2.45. The van der Waals surface area contributed by atoms with E-state index in [1.807, 2.05) is 146 Å². The number of fused-ring (bicyclic) bond motifs is 3. The molecule has 0 radical (unpaired) electrons. The van der Waals surface area contributed by atoms with Gasteiger partial charge in [-0.05, 0) is 51.1 Å². The highest BCUT2D eigenvalue weighted by molar-refractivity contribution is 7.99. The van der Waals surface area contributed by atoms with Crippen molar-refractivity contribution in [3.63, 3.8) is 0 Å². The Morgan fingerprint density at radius 3 is 1.45 bits per heavy atom. The van der Waals surface area contributed by atoms with Gasteiger partial charge in [0.05, 0.1) is 19.8 Å². The van der Waals surface area contributed by atoms with Crippen LogP contribution < -0.4 is 0 Å². The summed E-state index contributed by atoms with van der Waals surface area (Å²) in [4.78, 5) is 14.4. The highest BCUT2D eigenvalue weighted by Gasteiger charge is 2.49. The quantitative estimate of drug-likeness (QED) is 0.0958. The highest BCUT2D eigenvalue weighted by atomic mass is 32.2. The van der Waals surface area contributed by atoms with Gasteiger partial charge in [0.25, 0.3) is 0 Å². The van der Waals surface area contributed by atoms with E-state index < -0.39 is 36.0 Å². The topological polar surface area (TPSA) is 72.5 Å². The van der Waals surface area contributed by atoms with Crippen LogP contribution >= 0.6 is 11.8 Å².